The topological polar surface area (TPSA) is 41.0 Å². The summed E-state index contributed by atoms with van der Waals surface area (Å²) in [6, 6.07) is 8.40. The van der Waals surface area contributed by atoms with E-state index in [1.165, 1.54) is 51.5 Å². The number of nitrogens with one attached hydrogen (secondary N) is 1. The molecule has 0 amide bonds. The first-order valence-corrected chi connectivity index (χ1v) is 10.6. The summed E-state index contributed by atoms with van der Waals surface area (Å²) in [6.45, 7) is 5.83. The Morgan fingerprint density at radius 3 is 2.54 bits per heavy atom. The number of hydrogen-bond acceptors (Lipinski definition) is 2. The summed E-state index contributed by atoms with van der Waals surface area (Å²) in [7, 11) is 0. The fourth-order valence-electron chi connectivity index (χ4n) is 5.26. The van der Waals surface area contributed by atoms with Crippen molar-refractivity contribution in [2.24, 2.45) is 11.8 Å². The van der Waals surface area contributed by atoms with Crippen LogP contribution in [0.2, 0.25) is 0 Å². The Balaban J connectivity index is 1.43. The maximum Gasteiger partial charge on any atom is 0.326 e. The minimum Gasteiger partial charge on any atom is -0.306 e. The first kappa shape index (κ1) is 17.8. The van der Waals surface area contributed by atoms with Gasteiger partial charge in [-0.05, 0) is 43.2 Å². The van der Waals surface area contributed by atoms with Crippen molar-refractivity contribution in [2.45, 2.75) is 64.3 Å². The fraction of sp³-hybridized carbons (Fsp3) is 0.682. The van der Waals surface area contributed by atoms with Crippen LogP contribution in [0.15, 0.2) is 29.1 Å². The van der Waals surface area contributed by atoms with E-state index in [9.17, 15) is 4.79 Å². The Labute approximate surface area is 156 Å². The van der Waals surface area contributed by atoms with E-state index < -0.39 is 0 Å². The molecule has 142 valence electrons. The molecule has 1 N–H and O–H groups in total. The quantitative estimate of drug-likeness (QED) is 0.876. The van der Waals surface area contributed by atoms with Crippen LogP contribution in [0.25, 0.3) is 11.0 Å². The van der Waals surface area contributed by atoms with Crippen LogP contribution in [-0.2, 0) is 0 Å². The molecule has 4 rings (SSSR count). The number of fused-ring (bicyclic) bond motifs is 1. The molecule has 1 aliphatic carbocycles. The van der Waals surface area contributed by atoms with Gasteiger partial charge in [-0.25, -0.2) is 4.79 Å². The number of aromatic nitrogens is 2. The number of nitrogens with zero attached hydrogens (tertiary/aromatic N) is 2. The molecular weight excluding hydrogens is 322 g/mol. The highest BCUT2D eigenvalue weighted by atomic mass is 16.1. The van der Waals surface area contributed by atoms with E-state index >= 15 is 0 Å². The van der Waals surface area contributed by atoms with Crippen LogP contribution in [0.3, 0.4) is 0 Å². The second kappa shape index (κ2) is 7.99. The number of piperidine rings is 1. The van der Waals surface area contributed by atoms with Crippen LogP contribution in [0, 0.1) is 11.8 Å². The molecule has 4 nitrogen and oxygen atoms in total. The summed E-state index contributed by atoms with van der Waals surface area (Å²) in [4.78, 5) is 18.2. The van der Waals surface area contributed by atoms with Gasteiger partial charge in [0.1, 0.15) is 0 Å². The summed E-state index contributed by atoms with van der Waals surface area (Å²) in [5.74, 6) is 1.39. The number of rotatable bonds is 3. The van der Waals surface area contributed by atoms with Gasteiger partial charge in [-0.2, -0.15) is 0 Å². The molecule has 1 saturated carbocycles. The van der Waals surface area contributed by atoms with E-state index in [0.29, 0.717) is 12.0 Å². The Hall–Kier alpha value is -1.55. The van der Waals surface area contributed by atoms with E-state index in [4.69, 9.17) is 0 Å². The lowest BCUT2D eigenvalue weighted by molar-refractivity contribution is 0.110. The van der Waals surface area contributed by atoms with Gasteiger partial charge in [-0.1, -0.05) is 51.2 Å². The van der Waals surface area contributed by atoms with Crippen LogP contribution < -0.4 is 5.69 Å². The Kier molecular flexibility index (Phi) is 5.49. The monoisotopic (exact) mass is 355 g/mol. The first-order chi connectivity index (χ1) is 12.7. The Morgan fingerprint density at radius 1 is 1.04 bits per heavy atom. The van der Waals surface area contributed by atoms with E-state index in [1.807, 2.05) is 22.8 Å². The van der Waals surface area contributed by atoms with Gasteiger partial charge < -0.3 is 9.88 Å². The van der Waals surface area contributed by atoms with Crippen LogP contribution in [0.5, 0.6) is 0 Å². The van der Waals surface area contributed by atoms with Crippen LogP contribution in [0.4, 0.5) is 0 Å². The van der Waals surface area contributed by atoms with Crippen molar-refractivity contribution < 1.29 is 0 Å². The summed E-state index contributed by atoms with van der Waals surface area (Å²) in [5.41, 5.74) is 2.07. The van der Waals surface area contributed by atoms with Gasteiger partial charge in [-0.3, -0.25) is 4.57 Å². The molecule has 0 bridgehead atoms. The first-order valence-electron chi connectivity index (χ1n) is 10.6. The highest BCUT2D eigenvalue weighted by Gasteiger charge is 2.30. The highest BCUT2D eigenvalue weighted by molar-refractivity contribution is 5.75. The molecular formula is C22H33N3O. The van der Waals surface area contributed by atoms with Crippen LogP contribution in [-0.4, -0.2) is 34.1 Å². The van der Waals surface area contributed by atoms with Crippen molar-refractivity contribution in [3.8, 4) is 0 Å². The number of benzene rings is 1. The lowest BCUT2D eigenvalue weighted by atomic mass is 9.88. The van der Waals surface area contributed by atoms with Gasteiger partial charge in [0.15, 0.2) is 0 Å². The summed E-state index contributed by atoms with van der Waals surface area (Å²) < 4.78 is 2.02. The number of aromatic amines is 1. The molecule has 2 atom stereocenters. The van der Waals surface area contributed by atoms with Crippen molar-refractivity contribution in [3.63, 3.8) is 0 Å². The van der Waals surface area contributed by atoms with Crippen molar-refractivity contribution in [1.29, 1.82) is 0 Å². The third-order valence-corrected chi connectivity index (χ3v) is 6.64. The van der Waals surface area contributed by atoms with E-state index in [0.717, 1.165) is 36.5 Å². The largest absolute Gasteiger partial charge is 0.326 e. The molecule has 2 heterocycles. The molecule has 2 aromatic rings. The molecule has 4 heteroatoms. The molecule has 2 fully saturated rings. The number of para-hydroxylation sites is 2. The van der Waals surface area contributed by atoms with Crippen LogP contribution >= 0.6 is 0 Å². The molecule has 2 unspecified atom stereocenters. The maximum atomic E-state index is 12.5. The average molecular weight is 356 g/mol. The normalized spacial score (nSPS) is 26.7. The zero-order chi connectivity index (χ0) is 17.9. The second-order valence-corrected chi connectivity index (χ2v) is 8.62. The third kappa shape index (κ3) is 3.75. The average Bonchev–Trinajstić information content (AvgIpc) is 2.93. The van der Waals surface area contributed by atoms with Crippen molar-refractivity contribution in [2.75, 3.05) is 19.6 Å². The second-order valence-electron chi connectivity index (χ2n) is 8.62. The number of likely N-dealkylation sites (tertiary alicyclic amines) is 1. The van der Waals surface area contributed by atoms with Crippen molar-refractivity contribution in [1.82, 2.24) is 14.5 Å². The zero-order valence-corrected chi connectivity index (χ0v) is 16.1. The smallest absolute Gasteiger partial charge is 0.306 e. The molecule has 1 aliphatic heterocycles. The molecule has 0 spiro atoms. The molecule has 1 aromatic carbocycles. The Bertz CT molecular complexity index is 769. The van der Waals surface area contributed by atoms with E-state index in [1.54, 1.807) is 0 Å². The molecule has 1 aromatic heterocycles. The zero-order valence-electron chi connectivity index (χ0n) is 16.1. The standard InChI is InChI=1S/C22H33N3O/c1-17-15-24(16-18-9-5-3-2-4-6-10-18)14-13-20(17)25-21-12-8-7-11-19(21)23-22(25)26/h7-8,11-12,17-18,20H,2-6,9-10,13-16H2,1H3,(H,23,26). The summed E-state index contributed by atoms with van der Waals surface area (Å²) in [6.07, 6.45) is 11.0. The van der Waals surface area contributed by atoms with Crippen molar-refractivity contribution in [3.05, 3.63) is 34.7 Å². The minimum atomic E-state index is 0.0523. The molecule has 1 saturated heterocycles. The predicted molar refractivity (Wildman–Crippen MR) is 108 cm³/mol. The number of H-pyrrole nitrogens is 1. The molecule has 0 radical (unpaired) electrons. The van der Waals surface area contributed by atoms with Gasteiger partial charge in [-0.15, -0.1) is 0 Å². The summed E-state index contributed by atoms with van der Waals surface area (Å²) >= 11 is 0. The van der Waals surface area contributed by atoms with E-state index in [-0.39, 0.29) is 5.69 Å². The molecule has 26 heavy (non-hydrogen) atoms. The van der Waals surface area contributed by atoms with Crippen molar-refractivity contribution >= 4 is 11.0 Å². The fourth-order valence-corrected chi connectivity index (χ4v) is 5.26. The third-order valence-electron chi connectivity index (χ3n) is 6.64. The number of imidazole rings is 1. The lowest BCUT2D eigenvalue weighted by Gasteiger charge is -2.39. The van der Waals surface area contributed by atoms with Crippen LogP contribution in [0.1, 0.15) is 64.3 Å². The van der Waals surface area contributed by atoms with Gasteiger partial charge in [0.05, 0.1) is 11.0 Å². The Morgan fingerprint density at radius 2 is 1.77 bits per heavy atom. The van der Waals surface area contributed by atoms with Gasteiger partial charge in [0.2, 0.25) is 0 Å². The van der Waals surface area contributed by atoms with Gasteiger partial charge in [0, 0.05) is 25.7 Å². The SMILES string of the molecule is CC1CN(CC2CCCCCCC2)CCC1n1c(=O)[nH]c2ccccc21. The molecule has 2 aliphatic rings. The van der Waals surface area contributed by atoms with E-state index in [2.05, 4.69) is 22.9 Å². The number of hydrogen-bond donors (Lipinski definition) is 1. The van der Waals surface area contributed by atoms with Gasteiger partial charge in [0.25, 0.3) is 0 Å². The maximum absolute atomic E-state index is 12.5. The van der Waals surface area contributed by atoms with Gasteiger partial charge >= 0.3 is 5.69 Å². The predicted octanol–water partition coefficient (Wildman–Crippen LogP) is 4.57. The lowest BCUT2D eigenvalue weighted by Crippen LogP contribution is -2.44. The highest BCUT2D eigenvalue weighted by Crippen LogP contribution is 2.31. The summed E-state index contributed by atoms with van der Waals surface area (Å²) in [5, 5.41) is 0. The minimum absolute atomic E-state index is 0.0523.